The van der Waals surface area contributed by atoms with E-state index in [4.69, 9.17) is 0 Å². The van der Waals surface area contributed by atoms with Crippen LogP contribution >= 0.6 is 11.8 Å². The Bertz CT molecular complexity index is 1120. The lowest BCUT2D eigenvalue weighted by Crippen LogP contribution is -2.44. The van der Waals surface area contributed by atoms with Gasteiger partial charge < -0.3 is 10.6 Å². The van der Waals surface area contributed by atoms with E-state index < -0.39 is 0 Å². The molecule has 35 heavy (non-hydrogen) atoms. The third kappa shape index (κ3) is 6.29. The van der Waals surface area contributed by atoms with E-state index in [1.54, 1.807) is 28.6 Å². The summed E-state index contributed by atoms with van der Waals surface area (Å²) in [7, 11) is 0. The Kier molecular flexibility index (Phi) is 8.54. The van der Waals surface area contributed by atoms with E-state index in [2.05, 4.69) is 50.1 Å². The number of nitrogens with one attached hydrogen (secondary N) is 2. The molecule has 1 saturated heterocycles. The van der Waals surface area contributed by atoms with Gasteiger partial charge in [-0.1, -0.05) is 35.5 Å². The highest BCUT2D eigenvalue weighted by Crippen LogP contribution is 2.20. The molecule has 184 valence electrons. The van der Waals surface area contributed by atoms with Crippen molar-refractivity contribution >= 4 is 23.6 Å². The molecule has 1 aliphatic rings. The third-order valence-electron chi connectivity index (χ3n) is 6.14. The first-order valence-electron chi connectivity index (χ1n) is 12.0. The lowest BCUT2D eigenvalue weighted by atomic mass is 10.0. The first-order valence-corrected chi connectivity index (χ1v) is 13.4. The maximum atomic E-state index is 13.1. The van der Waals surface area contributed by atoms with Crippen molar-refractivity contribution in [1.82, 2.24) is 30.5 Å². The van der Waals surface area contributed by atoms with Crippen LogP contribution in [0.25, 0.3) is 5.69 Å². The summed E-state index contributed by atoms with van der Waals surface area (Å²) in [4.78, 5) is 27.6. The van der Waals surface area contributed by atoms with E-state index in [1.165, 1.54) is 5.56 Å². The van der Waals surface area contributed by atoms with Crippen molar-refractivity contribution in [3.8, 4) is 5.69 Å². The predicted octanol–water partition coefficient (Wildman–Crippen LogP) is 3.27. The number of aromatic nitrogens is 3. The van der Waals surface area contributed by atoms with E-state index >= 15 is 0 Å². The fourth-order valence-corrected chi connectivity index (χ4v) is 4.83. The normalized spacial score (nSPS) is 14.6. The van der Waals surface area contributed by atoms with Crippen molar-refractivity contribution in [3.63, 3.8) is 0 Å². The van der Waals surface area contributed by atoms with E-state index in [9.17, 15) is 9.59 Å². The van der Waals surface area contributed by atoms with Crippen molar-refractivity contribution in [2.45, 2.75) is 38.1 Å². The van der Waals surface area contributed by atoms with Crippen LogP contribution in [0.1, 0.15) is 51.9 Å². The Balaban J connectivity index is 1.40. The average Bonchev–Trinajstić information content (AvgIpc) is 3.30. The Morgan fingerprint density at radius 2 is 1.74 bits per heavy atom. The van der Waals surface area contributed by atoms with Crippen LogP contribution in [0.3, 0.4) is 0 Å². The standard InChI is InChI=1S/C26H32N6O2S/c1-3-27-25(33)20-9-11-22(12-10-20)32-23(18-35-2)24(29-30-32)26(34)28-21-13-15-31(16-14-21)17-19-7-5-4-6-8-19/h4-12,21H,3,13-18H2,1-2H3,(H,27,33)(H,28,34). The third-order valence-corrected chi connectivity index (χ3v) is 6.70. The van der Waals surface area contributed by atoms with Gasteiger partial charge in [-0.25, -0.2) is 4.68 Å². The molecule has 2 aromatic carbocycles. The highest BCUT2D eigenvalue weighted by atomic mass is 32.2. The largest absolute Gasteiger partial charge is 0.352 e. The second-order valence-corrected chi connectivity index (χ2v) is 9.51. The number of benzene rings is 2. The summed E-state index contributed by atoms with van der Waals surface area (Å²) in [6.45, 7) is 5.29. The second kappa shape index (κ2) is 12.0. The minimum absolute atomic E-state index is 0.114. The highest BCUT2D eigenvalue weighted by molar-refractivity contribution is 7.97. The van der Waals surface area contributed by atoms with Crippen LogP contribution in [-0.4, -0.2) is 63.6 Å². The first-order chi connectivity index (χ1) is 17.1. The van der Waals surface area contributed by atoms with Crippen molar-refractivity contribution < 1.29 is 9.59 Å². The van der Waals surface area contributed by atoms with Gasteiger partial charge in [-0.3, -0.25) is 14.5 Å². The van der Waals surface area contributed by atoms with Gasteiger partial charge in [0.25, 0.3) is 11.8 Å². The molecule has 0 spiro atoms. The van der Waals surface area contributed by atoms with E-state index in [0.717, 1.165) is 43.9 Å². The van der Waals surface area contributed by atoms with Crippen LogP contribution in [0, 0.1) is 0 Å². The first kappa shape index (κ1) is 24.9. The molecule has 2 amide bonds. The maximum Gasteiger partial charge on any atom is 0.274 e. The number of carbonyl (C=O) groups excluding carboxylic acids is 2. The molecule has 0 radical (unpaired) electrons. The molecule has 1 fully saturated rings. The highest BCUT2D eigenvalue weighted by Gasteiger charge is 2.25. The summed E-state index contributed by atoms with van der Waals surface area (Å²) in [5, 5.41) is 14.5. The molecule has 0 unspecified atom stereocenters. The summed E-state index contributed by atoms with van der Waals surface area (Å²) in [5.41, 5.74) is 3.77. The zero-order valence-electron chi connectivity index (χ0n) is 20.2. The maximum absolute atomic E-state index is 13.1. The average molecular weight is 493 g/mol. The Morgan fingerprint density at radius 3 is 2.40 bits per heavy atom. The number of amides is 2. The molecule has 0 aliphatic carbocycles. The van der Waals surface area contributed by atoms with Crippen LogP contribution in [0.4, 0.5) is 0 Å². The molecular weight excluding hydrogens is 460 g/mol. The van der Waals surface area contributed by atoms with E-state index in [-0.39, 0.29) is 17.9 Å². The van der Waals surface area contributed by atoms with Crippen LogP contribution in [0.15, 0.2) is 54.6 Å². The molecule has 1 aliphatic heterocycles. The van der Waals surface area contributed by atoms with Crippen molar-refractivity contribution in [2.75, 3.05) is 25.9 Å². The molecule has 8 nitrogen and oxygen atoms in total. The van der Waals surface area contributed by atoms with Crippen molar-refractivity contribution in [1.29, 1.82) is 0 Å². The Morgan fingerprint density at radius 1 is 1.03 bits per heavy atom. The van der Waals surface area contributed by atoms with Gasteiger partial charge in [0.05, 0.1) is 11.4 Å². The number of thioether (sulfide) groups is 1. The van der Waals surface area contributed by atoms with Crippen molar-refractivity contribution in [3.05, 3.63) is 77.1 Å². The van der Waals surface area contributed by atoms with Crippen LogP contribution < -0.4 is 10.6 Å². The van der Waals surface area contributed by atoms with E-state index in [0.29, 0.717) is 23.6 Å². The zero-order chi connectivity index (χ0) is 24.6. The van der Waals surface area contributed by atoms with Gasteiger partial charge in [0.2, 0.25) is 0 Å². The molecule has 4 rings (SSSR count). The SMILES string of the molecule is CCNC(=O)c1ccc(-n2nnc(C(=O)NC3CCN(Cc4ccccc4)CC3)c2CSC)cc1. The fraction of sp³-hybridized carbons (Fsp3) is 0.385. The zero-order valence-corrected chi connectivity index (χ0v) is 21.1. The number of carbonyl (C=O) groups is 2. The molecule has 2 heterocycles. The molecule has 9 heteroatoms. The summed E-state index contributed by atoms with van der Waals surface area (Å²) in [5.74, 6) is 0.307. The van der Waals surface area contributed by atoms with Gasteiger partial charge in [0.1, 0.15) is 0 Å². The molecule has 0 bridgehead atoms. The smallest absolute Gasteiger partial charge is 0.274 e. The minimum atomic E-state index is -0.180. The van der Waals surface area contributed by atoms with Gasteiger partial charge in [0.15, 0.2) is 5.69 Å². The number of hydrogen-bond acceptors (Lipinski definition) is 6. The summed E-state index contributed by atoms with van der Waals surface area (Å²) in [6, 6.07) is 17.8. The monoisotopic (exact) mass is 492 g/mol. The van der Waals surface area contributed by atoms with Gasteiger partial charge in [-0.2, -0.15) is 11.8 Å². The fourth-order valence-electron chi connectivity index (χ4n) is 4.30. The predicted molar refractivity (Wildman–Crippen MR) is 139 cm³/mol. The van der Waals surface area contributed by atoms with Crippen molar-refractivity contribution in [2.24, 2.45) is 0 Å². The number of likely N-dealkylation sites (tertiary alicyclic amines) is 1. The molecule has 0 saturated carbocycles. The Hall–Kier alpha value is -3.17. The molecule has 1 aromatic heterocycles. The van der Waals surface area contributed by atoms with Gasteiger partial charge in [-0.05, 0) is 55.9 Å². The van der Waals surface area contributed by atoms with Crippen LogP contribution in [0.2, 0.25) is 0 Å². The number of hydrogen-bond donors (Lipinski definition) is 2. The Labute approximate surface area is 210 Å². The lowest BCUT2D eigenvalue weighted by Gasteiger charge is -2.32. The number of rotatable bonds is 9. The van der Waals surface area contributed by atoms with E-state index in [1.807, 2.05) is 31.4 Å². The van der Waals surface area contributed by atoms with Crippen LogP contribution in [0.5, 0.6) is 0 Å². The van der Waals surface area contributed by atoms with Gasteiger partial charge >= 0.3 is 0 Å². The summed E-state index contributed by atoms with van der Waals surface area (Å²) < 4.78 is 1.69. The molecule has 3 aromatic rings. The molecule has 0 atom stereocenters. The topological polar surface area (TPSA) is 92.1 Å². The van der Waals surface area contributed by atoms with Gasteiger partial charge in [-0.15, -0.1) is 5.10 Å². The summed E-state index contributed by atoms with van der Waals surface area (Å²) in [6.07, 6.45) is 3.80. The molecular formula is C26H32N6O2S. The molecule has 2 N–H and O–H groups in total. The number of piperidine rings is 1. The van der Waals surface area contributed by atoms with Crippen LogP contribution in [-0.2, 0) is 12.3 Å². The van der Waals surface area contributed by atoms with Gasteiger partial charge in [0, 0.05) is 43.5 Å². The number of nitrogens with zero attached hydrogens (tertiary/aromatic N) is 4. The lowest BCUT2D eigenvalue weighted by molar-refractivity contribution is 0.0902. The minimum Gasteiger partial charge on any atom is -0.352 e. The second-order valence-electron chi connectivity index (χ2n) is 8.65. The summed E-state index contributed by atoms with van der Waals surface area (Å²) >= 11 is 1.61. The quantitative estimate of drug-likeness (QED) is 0.476.